The summed E-state index contributed by atoms with van der Waals surface area (Å²) < 4.78 is 28.8. The highest BCUT2D eigenvalue weighted by Gasteiger charge is 2.26. The van der Waals surface area contributed by atoms with Gasteiger partial charge in [0.2, 0.25) is 10.0 Å². The normalized spacial score (nSPS) is 18.3. The molecule has 0 unspecified atom stereocenters. The lowest BCUT2D eigenvalue weighted by Crippen LogP contribution is -2.50. The van der Waals surface area contributed by atoms with Crippen molar-refractivity contribution in [2.75, 3.05) is 32.4 Å². The molecule has 0 radical (unpaired) electrons. The summed E-state index contributed by atoms with van der Waals surface area (Å²) in [6.07, 6.45) is 4.02. The van der Waals surface area contributed by atoms with E-state index in [4.69, 9.17) is 4.42 Å². The number of piperazine rings is 1. The Kier molecular flexibility index (Phi) is 3.21. The third-order valence-electron chi connectivity index (χ3n) is 2.76. The Morgan fingerprint density at radius 1 is 1.29 bits per heavy atom. The zero-order valence-corrected chi connectivity index (χ0v) is 10.3. The highest BCUT2D eigenvalue weighted by atomic mass is 32.2. The van der Waals surface area contributed by atoms with Crippen molar-refractivity contribution in [3.05, 3.63) is 24.2 Å². The molecule has 94 valence electrons. The molecule has 0 N–H and O–H groups in total. The molecule has 2 heterocycles. The molecule has 1 aromatic rings. The van der Waals surface area contributed by atoms with Crippen molar-refractivity contribution in [1.82, 2.24) is 9.21 Å². The molecule has 2 rings (SSSR count). The first-order valence-corrected chi connectivity index (χ1v) is 7.10. The molecule has 1 aromatic heterocycles. The molecule has 7 heteroatoms. The molecule has 0 aromatic carbocycles. The van der Waals surface area contributed by atoms with E-state index in [1.165, 1.54) is 23.1 Å². The molecule has 1 fully saturated rings. The zero-order valence-electron chi connectivity index (χ0n) is 9.50. The second-order valence-electron chi connectivity index (χ2n) is 3.97. The predicted octanol–water partition coefficient (Wildman–Crippen LogP) is -0.00300. The van der Waals surface area contributed by atoms with E-state index in [-0.39, 0.29) is 5.91 Å². The molecule has 0 aliphatic carbocycles. The molecule has 0 bridgehead atoms. The van der Waals surface area contributed by atoms with E-state index in [0.717, 1.165) is 0 Å². The highest BCUT2D eigenvalue weighted by molar-refractivity contribution is 7.88. The maximum absolute atomic E-state index is 11.9. The van der Waals surface area contributed by atoms with E-state index in [1.807, 2.05) is 0 Å². The van der Waals surface area contributed by atoms with Gasteiger partial charge in [0.25, 0.3) is 5.91 Å². The minimum atomic E-state index is -3.15. The summed E-state index contributed by atoms with van der Waals surface area (Å²) in [4.78, 5) is 13.5. The standard InChI is InChI=1S/C10H14N2O4S/c1-17(14,15)12-5-3-11(4-6-12)10(13)9-2-7-16-8-9/h2,7-8H,3-6H2,1H3. The van der Waals surface area contributed by atoms with Gasteiger partial charge in [-0.05, 0) is 6.07 Å². The summed E-state index contributed by atoms with van der Waals surface area (Å²) in [5.74, 6) is -0.119. The summed E-state index contributed by atoms with van der Waals surface area (Å²) >= 11 is 0. The van der Waals surface area contributed by atoms with E-state index >= 15 is 0 Å². The molecule has 0 saturated carbocycles. The number of rotatable bonds is 2. The third kappa shape index (κ3) is 2.67. The van der Waals surface area contributed by atoms with Crippen LogP contribution in [-0.4, -0.2) is 56.0 Å². The van der Waals surface area contributed by atoms with Crippen LogP contribution in [0.2, 0.25) is 0 Å². The minimum absolute atomic E-state index is 0.119. The van der Waals surface area contributed by atoms with Gasteiger partial charge in [-0.15, -0.1) is 0 Å². The van der Waals surface area contributed by atoms with Crippen LogP contribution >= 0.6 is 0 Å². The maximum Gasteiger partial charge on any atom is 0.257 e. The molecule has 6 nitrogen and oxygen atoms in total. The van der Waals surface area contributed by atoms with Crippen LogP contribution in [0.5, 0.6) is 0 Å². The van der Waals surface area contributed by atoms with Crippen LogP contribution in [0.1, 0.15) is 10.4 Å². The minimum Gasteiger partial charge on any atom is -0.472 e. The van der Waals surface area contributed by atoms with Crippen molar-refractivity contribution in [3.8, 4) is 0 Å². The van der Waals surface area contributed by atoms with Gasteiger partial charge in [0.15, 0.2) is 0 Å². The van der Waals surface area contributed by atoms with Crippen LogP contribution in [0.4, 0.5) is 0 Å². The average molecular weight is 258 g/mol. The zero-order chi connectivity index (χ0) is 12.5. The number of sulfonamides is 1. The fourth-order valence-electron chi connectivity index (χ4n) is 1.79. The van der Waals surface area contributed by atoms with Crippen molar-refractivity contribution in [2.45, 2.75) is 0 Å². The molecule has 1 aliphatic rings. The lowest BCUT2D eigenvalue weighted by atomic mass is 10.2. The Morgan fingerprint density at radius 3 is 2.41 bits per heavy atom. The second kappa shape index (κ2) is 4.50. The predicted molar refractivity (Wildman–Crippen MR) is 61.0 cm³/mol. The van der Waals surface area contributed by atoms with Crippen molar-refractivity contribution in [3.63, 3.8) is 0 Å². The smallest absolute Gasteiger partial charge is 0.257 e. The lowest BCUT2D eigenvalue weighted by Gasteiger charge is -2.32. The van der Waals surface area contributed by atoms with Crippen molar-refractivity contribution < 1.29 is 17.6 Å². The van der Waals surface area contributed by atoms with Crippen molar-refractivity contribution >= 4 is 15.9 Å². The monoisotopic (exact) mass is 258 g/mol. The van der Waals surface area contributed by atoms with Crippen molar-refractivity contribution in [1.29, 1.82) is 0 Å². The SMILES string of the molecule is CS(=O)(=O)N1CCN(C(=O)c2ccoc2)CC1. The van der Waals surface area contributed by atoms with Crippen LogP contribution in [0.25, 0.3) is 0 Å². The van der Waals surface area contributed by atoms with E-state index in [1.54, 1.807) is 11.0 Å². The Bertz CT molecular complexity index is 486. The number of hydrogen-bond acceptors (Lipinski definition) is 4. The first kappa shape index (κ1) is 12.1. The van der Waals surface area contributed by atoms with Gasteiger partial charge in [0.05, 0.1) is 18.1 Å². The van der Waals surface area contributed by atoms with E-state index in [2.05, 4.69) is 0 Å². The first-order valence-electron chi connectivity index (χ1n) is 5.25. The second-order valence-corrected chi connectivity index (χ2v) is 5.95. The molecule has 1 aliphatic heterocycles. The Balaban J connectivity index is 1.98. The van der Waals surface area contributed by atoms with Gasteiger partial charge in [-0.1, -0.05) is 0 Å². The van der Waals surface area contributed by atoms with Crippen molar-refractivity contribution in [2.24, 2.45) is 0 Å². The van der Waals surface area contributed by atoms with Crippen LogP contribution in [0, 0.1) is 0 Å². The number of furan rings is 1. The van der Waals surface area contributed by atoms with Crippen LogP contribution in [-0.2, 0) is 10.0 Å². The molecule has 1 saturated heterocycles. The molecule has 0 atom stereocenters. The summed E-state index contributed by atoms with van der Waals surface area (Å²) in [5.41, 5.74) is 0.498. The van der Waals surface area contributed by atoms with E-state index < -0.39 is 10.0 Å². The number of nitrogens with zero attached hydrogens (tertiary/aromatic N) is 2. The van der Waals surface area contributed by atoms with Gasteiger partial charge >= 0.3 is 0 Å². The Labute approximate surface area is 99.9 Å². The van der Waals surface area contributed by atoms with Gasteiger partial charge in [0, 0.05) is 26.2 Å². The highest BCUT2D eigenvalue weighted by Crippen LogP contribution is 2.10. The van der Waals surface area contributed by atoms with Crippen LogP contribution in [0.3, 0.4) is 0 Å². The molecule has 17 heavy (non-hydrogen) atoms. The maximum atomic E-state index is 11.9. The Hall–Kier alpha value is -1.34. The van der Waals surface area contributed by atoms with Gasteiger partial charge in [-0.2, -0.15) is 4.31 Å². The van der Waals surface area contributed by atoms with Gasteiger partial charge < -0.3 is 9.32 Å². The fraction of sp³-hybridized carbons (Fsp3) is 0.500. The summed E-state index contributed by atoms with van der Waals surface area (Å²) in [7, 11) is -3.15. The molecular weight excluding hydrogens is 244 g/mol. The van der Waals surface area contributed by atoms with Gasteiger partial charge in [-0.3, -0.25) is 4.79 Å². The third-order valence-corrected chi connectivity index (χ3v) is 4.07. The molecular formula is C10H14N2O4S. The average Bonchev–Trinajstić information content (AvgIpc) is 2.80. The quantitative estimate of drug-likeness (QED) is 0.748. The number of carbonyl (C=O) groups excluding carboxylic acids is 1. The number of hydrogen-bond donors (Lipinski definition) is 0. The largest absolute Gasteiger partial charge is 0.472 e. The number of amides is 1. The first-order chi connectivity index (χ1) is 7.98. The van der Waals surface area contributed by atoms with Crippen LogP contribution < -0.4 is 0 Å². The van der Waals surface area contributed by atoms with E-state index in [9.17, 15) is 13.2 Å². The summed E-state index contributed by atoms with van der Waals surface area (Å²) in [6.45, 7) is 1.53. The molecule has 1 amide bonds. The van der Waals surface area contributed by atoms with E-state index in [0.29, 0.717) is 31.7 Å². The fourth-order valence-corrected chi connectivity index (χ4v) is 2.62. The summed E-state index contributed by atoms with van der Waals surface area (Å²) in [6, 6.07) is 1.60. The summed E-state index contributed by atoms with van der Waals surface area (Å²) in [5, 5.41) is 0. The number of carbonyl (C=O) groups is 1. The topological polar surface area (TPSA) is 70.8 Å². The van der Waals surface area contributed by atoms with Gasteiger partial charge in [-0.25, -0.2) is 8.42 Å². The van der Waals surface area contributed by atoms with Gasteiger partial charge in [0.1, 0.15) is 6.26 Å². The Morgan fingerprint density at radius 2 is 1.94 bits per heavy atom. The van der Waals surface area contributed by atoms with Crippen LogP contribution in [0.15, 0.2) is 23.0 Å². The lowest BCUT2D eigenvalue weighted by molar-refractivity contribution is 0.0697. The molecule has 0 spiro atoms.